The number of aromatic nitrogens is 1. The lowest BCUT2D eigenvalue weighted by atomic mass is 9.81. The van der Waals surface area contributed by atoms with Gasteiger partial charge in [-0.15, -0.1) is 23.7 Å². The molecule has 0 bridgehead atoms. The highest BCUT2D eigenvalue weighted by atomic mass is 35.5. The van der Waals surface area contributed by atoms with Crippen molar-refractivity contribution in [3.05, 3.63) is 23.7 Å². The summed E-state index contributed by atoms with van der Waals surface area (Å²) in [6.45, 7) is 4.94. The molecule has 0 saturated carbocycles. The Morgan fingerprint density at radius 1 is 1.45 bits per heavy atom. The van der Waals surface area contributed by atoms with E-state index in [0.29, 0.717) is 19.5 Å². The minimum Gasteiger partial charge on any atom is -0.327 e. The molecule has 0 aromatic carbocycles. The lowest BCUT2D eigenvalue weighted by molar-refractivity contribution is 0.155. The molecule has 2 aromatic rings. The topological polar surface area (TPSA) is 76.3 Å². The van der Waals surface area contributed by atoms with Crippen LogP contribution >= 0.6 is 23.7 Å². The van der Waals surface area contributed by atoms with Crippen LogP contribution in [0, 0.1) is 5.41 Å². The van der Waals surface area contributed by atoms with E-state index in [1.165, 1.54) is 21.8 Å². The Kier molecular flexibility index (Phi) is 4.85. The Bertz CT molecular complexity index is 773. The highest BCUT2D eigenvalue weighted by molar-refractivity contribution is 7.89. The number of fused-ring (bicyclic) bond motifs is 1. The smallest absolute Gasteiger partial charge is 0.244 e. The van der Waals surface area contributed by atoms with E-state index in [0.717, 1.165) is 10.2 Å². The first-order valence-corrected chi connectivity index (χ1v) is 9.22. The minimum atomic E-state index is -3.50. The Labute approximate surface area is 141 Å². The summed E-state index contributed by atoms with van der Waals surface area (Å²) in [6, 6.07) is 3.63. The molecule has 5 nitrogen and oxygen atoms in total. The summed E-state index contributed by atoms with van der Waals surface area (Å²) in [7, 11) is -3.50. The third kappa shape index (κ3) is 3.00. The van der Waals surface area contributed by atoms with Gasteiger partial charge >= 0.3 is 0 Å². The molecule has 1 aliphatic heterocycles. The maximum atomic E-state index is 12.8. The maximum absolute atomic E-state index is 12.8. The van der Waals surface area contributed by atoms with E-state index in [-0.39, 0.29) is 28.8 Å². The fourth-order valence-corrected chi connectivity index (χ4v) is 5.10. The van der Waals surface area contributed by atoms with E-state index in [1.807, 2.05) is 25.3 Å². The van der Waals surface area contributed by atoms with Gasteiger partial charge in [0.25, 0.3) is 0 Å². The second-order valence-corrected chi connectivity index (χ2v) is 9.08. The quantitative estimate of drug-likeness (QED) is 0.891. The lowest BCUT2D eigenvalue weighted by Gasteiger charge is -2.41. The van der Waals surface area contributed by atoms with Gasteiger partial charge < -0.3 is 5.73 Å². The lowest BCUT2D eigenvalue weighted by Crippen LogP contribution is -2.53. The molecule has 0 spiro atoms. The molecule has 3 heterocycles. The van der Waals surface area contributed by atoms with E-state index in [9.17, 15) is 8.42 Å². The molecule has 1 saturated heterocycles. The molecular formula is C14H20ClN3O2S2. The molecule has 1 fully saturated rings. The Morgan fingerprint density at radius 2 is 2.18 bits per heavy atom. The zero-order chi connectivity index (χ0) is 15.3. The number of nitrogens with zero attached hydrogens (tertiary/aromatic N) is 2. The van der Waals surface area contributed by atoms with E-state index < -0.39 is 10.0 Å². The highest BCUT2D eigenvalue weighted by Gasteiger charge is 2.38. The first-order chi connectivity index (χ1) is 9.80. The van der Waals surface area contributed by atoms with Crippen molar-refractivity contribution in [2.75, 3.05) is 13.1 Å². The van der Waals surface area contributed by atoms with Gasteiger partial charge in [-0.05, 0) is 29.3 Å². The SMILES string of the molecule is CC1(C)CN(S(=O)(=O)c2cnc3ccsc3c2)CCC1N.Cl. The van der Waals surface area contributed by atoms with Crippen LogP contribution in [-0.4, -0.2) is 36.8 Å². The van der Waals surface area contributed by atoms with Crippen LogP contribution in [0.25, 0.3) is 10.2 Å². The van der Waals surface area contributed by atoms with E-state index >= 15 is 0 Å². The van der Waals surface area contributed by atoms with E-state index in [4.69, 9.17) is 5.73 Å². The van der Waals surface area contributed by atoms with Crippen molar-refractivity contribution in [3.8, 4) is 0 Å². The van der Waals surface area contributed by atoms with E-state index in [2.05, 4.69) is 4.98 Å². The minimum absolute atomic E-state index is 0. The first-order valence-electron chi connectivity index (χ1n) is 6.90. The van der Waals surface area contributed by atoms with Gasteiger partial charge in [-0.2, -0.15) is 4.31 Å². The van der Waals surface area contributed by atoms with Crippen molar-refractivity contribution in [2.24, 2.45) is 11.1 Å². The second kappa shape index (κ2) is 6.05. The van der Waals surface area contributed by atoms with Gasteiger partial charge in [0.05, 0.1) is 10.2 Å². The van der Waals surface area contributed by atoms with Gasteiger partial charge in [-0.3, -0.25) is 4.98 Å². The largest absolute Gasteiger partial charge is 0.327 e. The molecule has 1 aliphatic rings. The number of hydrogen-bond donors (Lipinski definition) is 1. The van der Waals surface area contributed by atoms with Crippen molar-refractivity contribution in [1.82, 2.24) is 9.29 Å². The standard InChI is InChI=1S/C14H19N3O2S2.ClH/c1-14(2)9-17(5-3-13(14)15)21(18,19)10-7-12-11(16-8-10)4-6-20-12;/h4,6-8,13H,3,5,9,15H2,1-2H3;1H. The number of nitrogens with two attached hydrogens (primary N) is 1. The molecule has 0 aliphatic carbocycles. The zero-order valence-electron chi connectivity index (χ0n) is 12.5. The molecule has 22 heavy (non-hydrogen) atoms. The molecule has 1 atom stereocenters. The van der Waals surface area contributed by atoms with Crippen LogP contribution in [0.1, 0.15) is 20.3 Å². The predicted octanol–water partition coefficient (Wildman–Crippen LogP) is 2.47. The molecule has 2 aromatic heterocycles. The van der Waals surface area contributed by atoms with Crippen molar-refractivity contribution >= 4 is 44.0 Å². The van der Waals surface area contributed by atoms with Gasteiger partial charge in [0.15, 0.2) is 0 Å². The average molecular weight is 362 g/mol. The van der Waals surface area contributed by atoms with E-state index in [1.54, 1.807) is 6.07 Å². The van der Waals surface area contributed by atoms with Crippen LogP contribution in [0.15, 0.2) is 28.6 Å². The number of pyridine rings is 1. The summed E-state index contributed by atoms with van der Waals surface area (Å²) in [5, 5.41) is 1.91. The summed E-state index contributed by atoms with van der Waals surface area (Å²) in [6.07, 6.45) is 2.13. The van der Waals surface area contributed by atoms with Gasteiger partial charge in [-0.1, -0.05) is 13.8 Å². The van der Waals surface area contributed by atoms with Gasteiger partial charge in [0, 0.05) is 25.3 Å². The molecule has 0 radical (unpaired) electrons. The van der Waals surface area contributed by atoms with Gasteiger partial charge in [-0.25, -0.2) is 8.42 Å². The number of halogens is 1. The van der Waals surface area contributed by atoms with Crippen LogP contribution in [0.4, 0.5) is 0 Å². The third-order valence-corrected chi connectivity index (χ3v) is 6.86. The average Bonchev–Trinajstić information content (AvgIpc) is 2.88. The Morgan fingerprint density at radius 3 is 2.86 bits per heavy atom. The Balaban J connectivity index is 0.00000176. The monoisotopic (exact) mass is 361 g/mol. The summed E-state index contributed by atoms with van der Waals surface area (Å²) >= 11 is 1.50. The second-order valence-electron chi connectivity index (χ2n) is 6.20. The van der Waals surface area contributed by atoms with Crippen molar-refractivity contribution < 1.29 is 8.42 Å². The normalized spacial score (nSPS) is 22.4. The number of thiophene rings is 1. The predicted molar refractivity (Wildman–Crippen MR) is 92.0 cm³/mol. The zero-order valence-corrected chi connectivity index (χ0v) is 15.0. The van der Waals surface area contributed by atoms with Crippen LogP contribution in [0.3, 0.4) is 0 Å². The molecule has 122 valence electrons. The number of piperidine rings is 1. The maximum Gasteiger partial charge on any atom is 0.244 e. The number of sulfonamides is 1. The van der Waals surface area contributed by atoms with Crippen molar-refractivity contribution in [2.45, 2.75) is 31.2 Å². The fraction of sp³-hybridized carbons (Fsp3) is 0.500. The summed E-state index contributed by atoms with van der Waals surface area (Å²) in [5.41, 5.74) is 6.70. The number of rotatable bonds is 2. The third-order valence-electron chi connectivity index (χ3n) is 4.19. The summed E-state index contributed by atoms with van der Waals surface area (Å²) in [5.74, 6) is 0. The molecule has 2 N–H and O–H groups in total. The molecular weight excluding hydrogens is 342 g/mol. The summed E-state index contributed by atoms with van der Waals surface area (Å²) < 4.78 is 28.0. The molecule has 3 rings (SSSR count). The van der Waals surface area contributed by atoms with Gasteiger partial charge in [0.2, 0.25) is 10.0 Å². The van der Waals surface area contributed by atoms with Crippen LogP contribution in [0.2, 0.25) is 0 Å². The van der Waals surface area contributed by atoms with Crippen LogP contribution < -0.4 is 5.73 Å². The van der Waals surface area contributed by atoms with Crippen molar-refractivity contribution in [3.63, 3.8) is 0 Å². The highest BCUT2D eigenvalue weighted by Crippen LogP contribution is 2.32. The Hall–Kier alpha value is -0.730. The van der Waals surface area contributed by atoms with Crippen LogP contribution in [0.5, 0.6) is 0 Å². The fourth-order valence-electron chi connectivity index (χ4n) is 2.65. The molecule has 0 amide bonds. The number of hydrogen-bond acceptors (Lipinski definition) is 5. The molecule has 1 unspecified atom stereocenters. The molecule has 8 heteroatoms. The van der Waals surface area contributed by atoms with Crippen LogP contribution in [-0.2, 0) is 10.0 Å². The first kappa shape index (κ1) is 17.6. The van der Waals surface area contributed by atoms with Crippen molar-refractivity contribution in [1.29, 1.82) is 0 Å². The van der Waals surface area contributed by atoms with Gasteiger partial charge in [0.1, 0.15) is 4.90 Å². The summed E-state index contributed by atoms with van der Waals surface area (Å²) in [4.78, 5) is 4.50.